The molecule has 2 heteroatoms. The number of rotatable bonds is 5. The lowest BCUT2D eigenvalue weighted by molar-refractivity contribution is 0.0915. The first-order valence-corrected chi connectivity index (χ1v) is 6.92. The SMILES string of the molecule is CCC1(CN(C)C(C)C(C)C)CCCNC1. The molecule has 2 atom stereocenters. The zero-order valence-electron chi connectivity index (χ0n) is 11.8. The van der Waals surface area contributed by atoms with Crippen LogP contribution in [-0.4, -0.2) is 37.6 Å². The average Bonchev–Trinajstić information content (AvgIpc) is 2.29. The third-order valence-corrected chi connectivity index (χ3v) is 4.56. The molecule has 0 amide bonds. The first-order valence-electron chi connectivity index (χ1n) is 6.92. The molecule has 0 aromatic carbocycles. The molecule has 1 rings (SSSR count). The van der Waals surface area contributed by atoms with Crippen molar-refractivity contribution in [3.63, 3.8) is 0 Å². The summed E-state index contributed by atoms with van der Waals surface area (Å²) in [6.45, 7) is 13.0. The van der Waals surface area contributed by atoms with Gasteiger partial charge in [0, 0.05) is 19.1 Å². The van der Waals surface area contributed by atoms with Crippen molar-refractivity contribution in [2.24, 2.45) is 11.3 Å². The molecule has 1 aliphatic heterocycles. The summed E-state index contributed by atoms with van der Waals surface area (Å²) in [6.07, 6.45) is 4.04. The van der Waals surface area contributed by atoms with Gasteiger partial charge in [-0.15, -0.1) is 0 Å². The van der Waals surface area contributed by atoms with Gasteiger partial charge in [-0.25, -0.2) is 0 Å². The summed E-state index contributed by atoms with van der Waals surface area (Å²) < 4.78 is 0. The highest BCUT2D eigenvalue weighted by Gasteiger charge is 2.32. The molecule has 2 unspecified atom stereocenters. The number of hydrogen-bond donors (Lipinski definition) is 1. The van der Waals surface area contributed by atoms with Crippen LogP contribution in [0.15, 0.2) is 0 Å². The fourth-order valence-corrected chi connectivity index (χ4v) is 2.76. The zero-order valence-corrected chi connectivity index (χ0v) is 11.8. The minimum Gasteiger partial charge on any atom is -0.316 e. The summed E-state index contributed by atoms with van der Waals surface area (Å²) in [7, 11) is 2.29. The van der Waals surface area contributed by atoms with Crippen LogP contribution in [0.25, 0.3) is 0 Å². The molecule has 0 saturated carbocycles. The number of nitrogens with one attached hydrogen (secondary N) is 1. The topological polar surface area (TPSA) is 15.3 Å². The van der Waals surface area contributed by atoms with Crippen molar-refractivity contribution < 1.29 is 0 Å². The maximum Gasteiger partial charge on any atom is 0.00871 e. The molecular formula is C14H30N2. The maximum absolute atomic E-state index is 3.57. The van der Waals surface area contributed by atoms with Gasteiger partial charge >= 0.3 is 0 Å². The van der Waals surface area contributed by atoms with Crippen molar-refractivity contribution >= 4 is 0 Å². The summed E-state index contributed by atoms with van der Waals surface area (Å²) >= 11 is 0. The largest absolute Gasteiger partial charge is 0.316 e. The van der Waals surface area contributed by atoms with E-state index >= 15 is 0 Å². The van der Waals surface area contributed by atoms with E-state index in [1.54, 1.807) is 0 Å². The Bertz CT molecular complexity index is 195. The fraction of sp³-hybridized carbons (Fsp3) is 1.00. The third-order valence-electron chi connectivity index (χ3n) is 4.56. The van der Waals surface area contributed by atoms with Crippen LogP contribution in [0.5, 0.6) is 0 Å². The molecular weight excluding hydrogens is 196 g/mol. The highest BCUT2D eigenvalue weighted by Crippen LogP contribution is 2.31. The smallest absolute Gasteiger partial charge is 0.00871 e. The minimum atomic E-state index is 0.524. The molecule has 0 radical (unpaired) electrons. The van der Waals surface area contributed by atoms with Crippen LogP contribution < -0.4 is 5.32 Å². The molecule has 1 heterocycles. The van der Waals surface area contributed by atoms with Crippen molar-refractivity contribution in [2.75, 3.05) is 26.7 Å². The van der Waals surface area contributed by atoms with E-state index in [1.165, 1.54) is 38.9 Å². The van der Waals surface area contributed by atoms with Crippen molar-refractivity contribution in [3.05, 3.63) is 0 Å². The Hall–Kier alpha value is -0.0800. The molecule has 0 aromatic rings. The summed E-state index contributed by atoms with van der Waals surface area (Å²) in [4.78, 5) is 2.56. The summed E-state index contributed by atoms with van der Waals surface area (Å²) in [5.74, 6) is 0.746. The van der Waals surface area contributed by atoms with E-state index in [1.807, 2.05) is 0 Å². The number of hydrogen-bond acceptors (Lipinski definition) is 2. The standard InChI is InChI=1S/C14H30N2/c1-6-14(8-7-9-15-10-14)11-16(5)13(4)12(2)3/h12-13,15H,6-11H2,1-5H3. The maximum atomic E-state index is 3.57. The normalized spacial score (nSPS) is 28.7. The molecule has 0 spiro atoms. The van der Waals surface area contributed by atoms with Crippen LogP contribution in [0.3, 0.4) is 0 Å². The van der Waals surface area contributed by atoms with Crippen LogP contribution in [0, 0.1) is 11.3 Å². The third kappa shape index (κ3) is 3.46. The van der Waals surface area contributed by atoms with E-state index < -0.39 is 0 Å². The second-order valence-electron chi connectivity index (χ2n) is 6.03. The minimum absolute atomic E-state index is 0.524. The lowest BCUT2D eigenvalue weighted by atomic mass is 9.77. The van der Waals surface area contributed by atoms with Crippen LogP contribution in [-0.2, 0) is 0 Å². The Morgan fingerprint density at radius 1 is 1.31 bits per heavy atom. The van der Waals surface area contributed by atoms with Crippen LogP contribution in [0.4, 0.5) is 0 Å². The van der Waals surface area contributed by atoms with Gasteiger partial charge in [-0.1, -0.05) is 20.8 Å². The number of piperidine rings is 1. The zero-order chi connectivity index (χ0) is 12.2. The van der Waals surface area contributed by atoms with E-state index in [2.05, 4.69) is 45.0 Å². The van der Waals surface area contributed by atoms with E-state index in [-0.39, 0.29) is 0 Å². The Balaban J connectivity index is 2.54. The lowest BCUT2D eigenvalue weighted by Crippen LogP contribution is -2.49. The van der Waals surface area contributed by atoms with Gasteiger partial charge < -0.3 is 10.2 Å². The Labute approximate surface area is 102 Å². The van der Waals surface area contributed by atoms with E-state index in [0.29, 0.717) is 11.5 Å². The van der Waals surface area contributed by atoms with Crippen LogP contribution in [0.1, 0.15) is 47.0 Å². The molecule has 0 aromatic heterocycles. The second kappa shape index (κ2) is 6.02. The summed E-state index contributed by atoms with van der Waals surface area (Å²) in [5.41, 5.74) is 0.524. The molecule has 0 aliphatic carbocycles. The number of nitrogens with zero attached hydrogens (tertiary/aromatic N) is 1. The molecule has 0 bridgehead atoms. The van der Waals surface area contributed by atoms with Crippen molar-refractivity contribution in [3.8, 4) is 0 Å². The fourth-order valence-electron chi connectivity index (χ4n) is 2.76. The van der Waals surface area contributed by atoms with E-state index in [4.69, 9.17) is 0 Å². The van der Waals surface area contributed by atoms with Gasteiger partial charge in [0.1, 0.15) is 0 Å². The highest BCUT2D eigenvalue weighted by molar-refractivity contribution is 4.88. The Kier molecular flexibility index (Phi) is 5.26. The molecule has 1 fully saturated rings. The molecule has 96 valence electrons. The molecule has 2 nitrogen and oxygen atoms in total. The van der Waals surface area contributed by atoms with Crippen molar-refractivity contribution in [1.29, 1.82) is 0 Å². The van der Waals surface area contributed by atoms with Gasteiger partial charge in [-0.05, 0) is 51.1 Å². The predicted molar refractivity (Wildman–Crippen MR) is 71.8 cm³/mol. The van der Waals surface area contributed by atoms with Gasteiger partial charge in [0.15, 0.2) is 0 Å². The molecule has 1 saturated heterocycles. The molecule has 1 aliphatic rings. The van der Waals surface area contributed by atoms with Crippen molar-refractivity contribution in [2.45, 2.75) is 53.0 Å². The van der Waals surface area contributed by atoms with Gasteiger partial charge in [0.05, 0.1) is 0 Å². The first-order chi connectivity index (χ1) is 7.51. The Morgan fingerprint density at radius 2 is 2.00 bits per heavy atom. The van der Waals surface area contributed by atoms with Gasteiger partial charge in [0.2, 0.25) is 0 Å². The van der Waals surface area contributed by atoms with Gasteiger partial charge in [-0.3, -0.25) is 0 Å². The predicted octanol–water partition coefficient (Wildman–Crippen LogP) is 2.74. The Morgan fingerprint density at radius 3 is 2.44 bits per heavy atom. The second-order valence-corrected chi connectivity index (χ2v) is 6.03. The van der Waals surface area contributed by atoms with Gasteiger partial charge in [0.25, 0.3) is 0 Å². The van der Waals surface area contributed by atoms with Crippen LogP contribution >= 0.6 is 0 Å². The van der Waals surface area contributed by atoms with Gasteiger partial charge in [-0.2, -0.15) is 0 Å². The van der Waals surface area contributed by atoms with Crippen LogP contribution in [0.2, 0.25) is 0 Å². The van der Waals surface area contributed by atoms with Crippen molar-refractivity contribution in [1.82, 2.24) is 10.2 Å². The van der Waals surface area contributed by atoms with E-state index in [9.17, 15) is 0 Å². The average molecular weight is 226 g/mol. The lowest BCUT2D eigenvalue weighted by Gasteiger charge is -2.42. The quantitative estimate of drug-likeness (QED) is 0.775. The summed E-state index contributed by atoms with van der Waals surface area (Å²) in [6, 6.07) is 0.686. The first kappa shape index (κ1) is 14.0. The highest BCUT2D eigenvalue weighted by atomic mass is 15.1. The molecule has 1 N–H and O–H groups in total. The summed E-state index contributed by atoms with van der Waals surface area (Å²) in [5, 5.41) is 3.57. The van der Waals surface area contributed by atoms with E-state index in [0.717, 1.165) is 5.92 Å². The monoisotopic (exact) mass is 226 g/mol. The molecule has 16 heavy (non-hydrogen) atoms.